The Morgan fingerprint density at radius 2 is 2.04 bits per heavy atom. The second kappa shape index (κ2) is 7.66. The summed E-state index contributed by atoms with van der Waals surface area (Å²) in [6.45, 7) is 7.95. The number of nitrogens with zero attached hydrogens (tertiary/aromatic N) is 2. The standard InChI is InChI=1S/C20H19FN2O2S/c1-4-12-23-18-16(21)6-5-7-17(18)26-20(23)22-19(24)14-8-10-15(11-9-14)25-13(2)3/h4-11,13H,1,12H2,2-3H3. The number of allylic oxidation sites excluding steroid dienone is 1. The fraction of sp³-hybridized carbons (Fsp3) is 0.200. The van der Waals surface area contributed by atoms with E-state index in [1.807, 2.05) is 19.9 Å². The molecule has 2 aromatic carbocycles. The molecule has 1 amide bonds. The number of halogens is 1. The third-order valence-electron chi connectivity index (χ3n) is 3.63. The van der Waals surface area contributed by atoms with Crippen molar-refractivity contribution in [1.29, 1.82) is 0 Å². The fourth-order valence-corrected chi connectivity index (χ4v) is 3.62. The van der Waals surface area contributed by atoms with Gasteiger partial charge in [0.1, 0.15) is 11.6 Å². The lowest BCUT2D eigenvalue weighted by atomic mass is 10.2. The minimum Gasteiger partial charge on any atom is -0.491 e. The predicted molar refractivity (Wildman–Crippen MR) is 102 cm³/mol. The Morgan fingerprint density at radius 3 is 2.69 bits per heavy atom. The van der Waals surface area contributed by atoms with E-state index in [1.165, 1.54) is 17.4 Å². The van der Waals surface area contributed by atoms with Crippen LogP contribution >= 0.6 is 11.3 Å². The number of thiazole rings is 1. The van der Waals surface area contributed by atoms with E-state index >= 15 is 0 Å². The molecule has 0 unspecified atom stereocenters. The van der Waals surface area contributed by atoms with Gasteiger partial charge in [-0.15, -0.1) is 6.58 Å². The SMILES string of the molecule is C=CCn1c(=NC(=O)c2ccc(OC(C)C)cc2)sc2cccc(F)c21. The molecule has 0 atom stereocenters. The molecule has 6 heteroatoms. The van der Waals surface area contributed by atoms with Crippen LogP contribution in [0.3, 0.4) is 0 Å². The largest absolute Gasteiger partial charge is 0.491 e. The van der Waals surface area contributed by atoms with Gasteiger partial charge in [0.2, 0.25) is 0 Å². The van der Waals surface area contributed by atoms with Crippen LogP contribution in [0.2, 0.25) is 0 Å². The van der Waals surface area contributed by atoms with E-state index in [1.54, 1.807) is 41.0 Å². The van der Waals surface area contributed by atoms with Crippen LogP contribution in [0, 0.1) is 5.82 Å². The summed E-state index contributed by atoms with van der Waals surface area (Å²) in [6, 6.07) is 11.7. The van der Waals surface area contributed by atoms with Gasteiger partial charge in [-0.05, 0) is 50.2 Å². The molecule has 0 aliphatic carbocycles. The number of aromatic nitrogens is 1. The zero-order chi connectivity index (χ0) is 18.7. The van der Waals surface area contributed by atoms with E-state index in [9.17, 15) is 9.18 Å². The minimum absolute atomic E-state index is 0.0625. The summed E-state index contributed by atoms with van der Waals surface area (Å²) in [5.41, 5.74) is 0.883. The van der Waals surface area contributed by atoms with Gasteiger partial charge in [0.05, 0.1) is 16.3 Å². The molecule has 0 saturated heterocycles. The molecule has 0 aliphatic rings. The number of benzene rings is 2. The predicted octanol–water partition coefficient (Wildman–Crippen LogP) is 4.56. The van der Waals surface area contributed by atoms with E-state index < -0.39 is 0 Å². The van der Waals surface area contributed by atoms with Crippen LogP contribution in [0.25, 0.3) is 10.2 Å². The maximum Gasteiger partial charge on any atom is 0.279 e. The van der Waals surface area contributed by atoms with Gasteiger partial charge in [-0.1, -0.05) is 23.5 Å². The quantitative estimate of drug-likeness (QED) is 0.618. The molecule has 0 radical (unpaired) electrons. The molecule has 1 aromatic heterocycles. The third kappa shape index (κ3) is 3.75. The summed E-state index contributed by atoms with van der Waals surface area (Å²) in [5, 5.41) is 0. The molecular weight excluding hydrogens is 351 g/mol. The van der Waals surface area contributed by atoms with Gasteiger partial charge in [-0.2, -0.15) is 4.99 Å². The number of fused-ring (bicyclic) bond motifs is 1. The van der Waals surface area contributed by atoms with Crippen molar-refractivity contribution in [3.8, 4) is 5.75 Å². The van der Waals surface area contributed by atoms with Crippen molar-refractivity contribution in [3.63, 3.8) is 0 Å². The molecule has 4 nitrogen and oxygen atoms in total. The molecule has 0 bridgehead atoms. The Balaban J connectivity index is 2.01. The Morgan fingerprint density at radius 1 is 1.31 bits per heavy atom. The van der Waals surface area contributed by atoms with Gasteiger partial charge >= 0.3 is 0 Å². The zero-order valence-corrected chi connectivity index (χ0v) is 15.4. The van der Waals surface area contributed by atoms with Gasteiger partial charge in [0.25, 0.3) is 5.91 Å². The number of hydrogen-bond acceptors (Lipinski definition) is 3. The Labute approximate surface area is 154 Å². The smallest absolute Gasteiger partial charge is 0.279 e. The van der Waals surface area contributed by atoms with Crippen LogP contribution in [0.1, 0.15) is 24.2 Å². The number of rotatable bonds is 5. The maximum absolute atomic E-state index is 14.2. The van der Waals surface area contributed by atoms with E-state index in [0.29, 0.717) is 28.2 Å². The van der Waals surface area contributed by atoms with Crippen molar-refractivity contribution >= 4 is 27.5 Å². The van der Waals surface area contributed by atoms with Crippen LogP contribution < -0.4 is 9.54 Å². The first-order chi connectivity index (χ1) is 12.5. The molecule has 3 aromatic rings. The molecule has 26 heavy (non-hydrogen) atoms. The number of carbonyl (C=O) groups excluding carboxylic acids is 1. The summed E-state index contributed by atoms with van der Waals surface area (Å²) in [6.07, 6.45) is 1.72. The van der Waals surface area contributed by atoms with Gasteiger partial charge in [-0.3, -0.25) is 4.79 Å². The number of amides is 1. The molecule has 0 aliphatic heterocycles. The van der Waals surface area contributed by atoms with Crippen molar-refractivity contribution in [1.82, 2.24) is 4.57 Å². The summed E-state index contributed by atoms with van der Waals surface area (Å²) in [7, 11) is 0. The molecule has 0 saturated carbocycles. The second-order valence-corrected chi connectivity index (χ2v) is 6.99. The molecule has 134 valence electrons. The van der Waals surface area contributed by atoms with Gasteiger partial charge in [0, 0.05) is 12.1 Å². The van der Waals surface area contributed by atoms with E-state index in [-0.39, 0.29) is 17.8 Å². The number of carbonyl (C=O) groups is 1. The Hall–Kier alpha value is -2.73. The van der Waals surface area contributed by atoms with Crippen molar-refractivity contribution < 1.29 is 13.9 Å². The average molecular weight is 370 g/mol. The highest BCUT2D eigenvalue weighted by molar-refractivity contribution is 7.16. The van der Waals surface area contributed by atoms with Crippen molar-refractivity contribution in [2.75, 3.05) is 0 Å². The van der Waals surface area contributed by atoms with E-state index in [2.05, 4.69) is 11.6 Å². The molecule has 0 spiro atoms. The topological polar surface area (TPSA) is 43.6 Å². The third-order valence-corrected chi connectivity index (χ3v) is 4.68. The zero-order valence-electron chi connectivity index (χ0n) is 14.6. The number of hydrogen-bond donors (Lipinski definition) is 0. The Kier molecular flexibility index (Phi) is 5.32. The maximum atomic E-state index is 14.2. The monoisotopic (exact) mass is 370 g/mol. The highest BCUT2D eigenvalue weighted by atomic mass is 32.1. The fourth-order valence-electron chi connectivity index (χ4n) is 2.57. The summed E-state index contributed by atoms with van der Waals surface area (Å²) < 4.78 is 22.2. The highest BCUT2D eigenvalue weighted by Crippen LogP contribution is 2.21. The lowest BCUT2D eigenvalue weighted by molar-refractivity contribution is 0.0998. The Bertz CT molecular complexity index is 1020. The first kappa shape index (κ1) is 18.1. The van der Waals surface area contributed by atoms with E-state index in [0.717, 1.165) is 4.70 Å². The van der Waals surface area contributed by atoms with Crippen LogP contribution in [0.4, 0.5) is 4.39 Å². The first-order valence-electron chi connectivity index (χ1n) is 8.24. The summed E-state index contributed by atoms with van der Waals surface area (Å²) in [4.78, 5) is 17.2. The molecule has 3 rings (SSSR count). The van der Waals surface area contributed by atoms with Crippen LogP contribution in [-0.4, -0.2) is 16.6 Å². The van der Waals surface area contributed by atoms with Gasteiger partial charge in [0.15, 0.2) is 4.80 Å². The molecule has 1 heterocycles. The molecular formula is C20H19FN2O2S. The lowest BCUT2D eigenvalue weighted by Crippen LogP contribution is -2.16. The lowest BCUT2D eigenvalue weighted by Gasteiger charge is -2.09. The number of ether oxygens (including phenoxy) is 1. The van der Waals surface area contributed by atoms with Gasteiger partial charge < -0.3 is 9.30 Å². The molecule has 0 fully saturated rings. The van der Waals surface area contributed by atoms with Crippen LogP contribution in [0.15, 0.2) is 60.1 Å². The molecule has 0 N–H and O–H groups in total. The van der Waals surface area contributed by atoms with E-state index in [4.69, 9.17) is 4.74 Å². The number of para-hydroxylation sites is 1. The summed E-state index contributed by atoms with van der Waals surface area (Å²) >= 11 is 1.28. The van der Waals surface area contributed by atoms with Crippen molar-refractivity contribution in [2.45, 2.75) is 26.5 Å². The van der Waals surface area contributed by atoms with Crippen molar-refractivity contribution in [3.05, 3.63) is 71.3 Å². The first-order valence-corrected chi connectivity index (χ1v) is 9.05. The van der Waals surface area contributed by atoms with Crippen molar-refractivity contribution in [2.24, 2.45) is 4.99 Å². The van der Waals surface area contributed by atoms with Gasteiger partial charge in [-0.25, -0.2) is 4.39 Å². The second-order valence-electron chi connectivity index (χ2n) is 5.98. The average Bonchev–Trinajstić information content (AvgIpc) is 2.94. The van der Waals surface area contributed by atoms with Crippen LogP contribution in [-0.2, 0) is 6.54 Å². The highest BCUT2D eigenvalue weighted by Gasteiger charge is 2.12. The van der Waals surface area contributed by atoms with Crippen LogP contribution in [0.5, 0.6) is 5.75 Å². The minimum atomic E-state index is -0.383. The normalized spacial score (nSPS) is 11.9. The summed E-state index contributed by atoms with van der Waals surface area (Å²) in [5.74, 6) is -0.0298.